The van der Waals surface area contributed by atoms with Gasteiger partial charge in [-0.25, -0.2) is 0 Å². The largest absolute Gasteiger partial charge is 0.304 e. The average Bonchev–Trinajstić information content (AvgIpc) is 2.49. The quantitative estimate of drug-likeness (QED) is 0.848. The number of ketones is 1. The summed E-state index contributed by atoms with van der Waals surface area (Å²) >= 11 is 1.68. The molecule has 2 rings (SSSR count). The summed E-state index contributed by atoms with van der Waals surface area (Å²) in [6.45, 7) is 4.24. The molecule has 0 aliphatic carbocycles. The number of hydrogen-bond acceptors (Lipinski definition) is 3. The molecule has 0 fully saturated rings. The molecule has 0 bridgehead atoms. The van der Waals surface area contributed by atoms with E-state index in [0.29, 0.717) is 18.8 Å². The summed E-state index contributed by atoms with van der Waals surface area (Å²) in [5, 5.41) is 0. The molecule has 102 valence electrons. The van der Waals surface area contributed by atoms with E-state index in [1.165, 1.54) is 0 Å². The van der Waals surface area contributed by atoms with Gasteiger partial charge in [0.05, 0.1) is 12.2 Å². The Hall–Kier alpha value is -1.29. The molecule has 1 aromatic rings. The van der Waals surface area contributed by atoms with Gasteiger partial charge in [-0.2, -0.15) is 0 Å². The van der Waals surface area contributed by atoms with E-state index >= 15 is 0 Å². The highest BCUT2D eigenvalue weighted by Crippen LogP contribution is 2.33. The summed E-state index contributed by atoms with van der Waals surface area (Å²) in [7, 11) is 0. The van der Waals surface area contributed by atoms with Crippen molar-refractivity contribution in [3.63, 3.8) is 0 Å². The van der Waals surface area contributed by atoms with Crippen molar-refractivity contribution < 1.29 is 9.59 Å². The maximum absolute atomic E-state index is 12.2. The number of rotatable bonds is 4. The number of para-hydroxylation sites is 1. The monoisotopic (exact) mass is 277 g/mol. The smallest absolute Gasteiger partial charge is 0.228 e. The number of fused-ring (bicyclic) bond motifs is 1. The number of thioether (sulfide) groups is 1. The lowest BCUT2D eigenvalue weighted by molar-refractivity contribution is -0.122. The molecule has 1 aliphatic rings. The molecule has 4 heteroatoms. The zero-order valence-electron chi connectivity index (χ0n) is 11.4. The number of Topliss-reactive ketones (excluding diaryl/α,β-unsaturated/α-hetero) is 1. The van der Waals surface area contributed by atoms with Gasteiger partial charge in [0, 0.05) is 23.5 Å². The minimum absolute atomic E-state index is 0.0505. The maximum Gasteiger partial charge on any atom is 0.228 e. The van der Waals surface area contributed by atoms with Crippen LogP contribution in [0.1, 0.15) is 26.7 Å². The van der Waals surface area contributed by atoms with Gasteiger partial charge in [0.2, 0.25) is 5.91 Å². The molecular formula is C15H19NO2S. The molecule has 0 spiro atoms. The first-order valence-electron chi connectivity index (χ1n) is 6.62. The maximum atomic E-state index is 12.2. The molecule has 0 saturated heterocycles. The Morgan fingerprint density at radius 2 is 2.11 bits per heavy atom. The molecule has 0 unspecified atom stereocenters. The van der Waals surface area contributed by atoms with Gasteiger partial charge in [-0.15, -0.1) is 11.8 Å². The predicted molar refractivity (Wildman–Crippen MR) is 78.6 cm³/mol. The van der Waals surface area contributed by atoms with Crippen molar-refractivity contribution in [2.24, 2.45) is 5.92 Å². The lowest BCUT2D eigenvalue weighted by atomic mass is 10.1. The molecule has 0 radical (unpaired) electrons. The molecule has 1 heterocycles. The molecule has 1 aromatic carbocycles. The number of carbonyl (C=O) groups is 2. The molecule has 0 saturated carbocycles. The van der Waals surface area contributed by atoms with Crippen LogP contribution in [-0.4, -0.2) is 24.0 Å². The zero-order chi connectivity index (χ0) is 13.8. The third-order valence-electron chi connectivity index (χ3n) is 3.00. The summed E-state index contributed by atoms with van der Waals surface area (Å²) in [4.78, 5) is 26.9. The van der Waals surface area contributed by atoms with Crippen LogP contribution in [0, 0.1) is 5.92 Å². The molecule has 19 heavy (non-hydrogen) atoms. The van der Waals surface area contributed by atoms with E-state index in [2.05, 4.69) is 0 Å². The topological polar surface area (TPSA) is 37.4 Å². The van der Waals surface area contributed by atoms with Crippen LogP contribution in [0.25, 0.3) is 0 Å². The van der Waals surface area contributed by atoms with Crippen molar-refractivity contribution in [2.75, 3.05) is 17.2 Å². The van der Waals surface area contributed by atoms with E-state index < -0.39 is 0 Å². The number of hydrogen-bond donors (Lipinski definition) is 0. The van der Waals surface area contributed by atoms with Gasteiger partial charge in [-0.3, -0.25) is 9.59 Å². The van der Waals surface area contributed by atoms with Crippen LogP contribution in [-0.2, 0) is 9.59 Å². The van der Waals surface area contributed by atoms with Crippen molar-refractivity contribution in [3.8, 4) is 0 Å². The minimum Gasteiger partial charge on any atom is -0.304 e. The third-order valence-corrected chi connectivity index (χ3v) is 4.07. The summed E-state index contributed by atoms with van der Waals surface area (Å²) in [6, 6.07) is 7.82. The van der Waals surface area contributed by atoms with Crippen LogP contribution in [0.3, 0.4) is 0 Å². The number of benzene rings is 1. The Morgan fingerprint density at radius 1 is 1.37 bits per heavy atom. The van der Waals surface area contributed by atoms with Crippen molar-refractivity contribution in [3.05, 3.63) is 24.3 Å². The predicted octanol–water partition coefficient (Wildman–Crippen LogP) is 3.13. The zero-order valence-corrected chi connectivity index (χ0v) is 12.2. The van der Waals surface area contributed by atoms with Crippen LogP contribution >= 0.6 is 11.8 Å². The fraction of sp³-hybridized carbons (Fsp3) is 0.467. The van der Waals surface area contributed by atoms with Gasteiger partial charge < -0.3 is 4.90 Å². The van der Waals surface area contributed by atoms with Crippen molar-refractivity contribution in [1.29, 1.82) is 0 Å². The summed E-state index contributed by atoms with van der Waals surface area (Å²) < 4.78 is 0. The van der Waals surface area contributed by atoms with Gasteiger partial charge in [-0.05, 0) is 18.1 Å². The second-order valence-corrected chi connectivity index (χ2v) is 6.32. The second kappa shape index (κ2) is 6.24. The van der Waals surface area contributed by atoms with Gasteiger partial charge >= 0.3 is 0 Å². The Kier molecular flexibility index (Phi) is 4.64. The molecule has 0 aromatic heterocycles. The van der Waals surface area contributed by atoms with Gasteiger partial charge in [-0.1, -0.05) is 26.0 Å². The SMILES string of the molecule is CC(C)CC(=O)CN1C(=O)CCSc2ccccc21. The molecule has 1 aliphatic heterocycles. The molecule has 3 nitrogen and oxygen atoms in total. The van der Waals surface area contributed by atoms with E-state index in [-0.39, 0.29) is 18.2 Å². The second-order valence-electron chi connectivity index (χ2n) is 5.18. The summed E-state index contributed by atoms with van der Waals surface area (Å²) in [5.41, 5.74) is 0.882. The Labute approximate surface area is 118 Å². The van der Waals surface area contributed by atoms with Gasteiger partial charge in [0.15, 0.2) is 5.78 Å². The number of anilines is 1. The Morgan fingerprint density at radius 3 is 2.84 bits per heavy atom. The molecular weight excluding hydrogens is 258 g/mol. The van der Waals surface area contributed by atoms with E-state index in [9.17, 15) is 9.59 Å². The third kappa shape index (κ3) is 3.60. The highest BCUT2D eigenvalue weighted by Gasteiger charge is 2.24. The highest BCUT2D eigenvalue weighted by molar-refractivity contribution is 7.99. The van der Waals surface area contributed by atoms with Crippen LogP contribution in [0.5, 0.6) is 0 Å². The first-order valence-corrected chi connectivity index (χ1v) is 7.60. The normalized spacial score (nSPS) is 15.3. The van der Waals surface area contributed by atoms with Gasteiger partial charge in [0.1, 0.15) is 0 Å². The summed E-state index contributed by atoms with van der Waals surface area (Å²) in [5.74, 6) is 1.30. The van der Waals surface area contributed by atoms with Crippen LogP contribution < -0.4 is 4.90 Å². The van der Waals surface area contributed by atoms with Crippen LogP contribution in [0.2, 0.25) is 0 Å². The standard InChI is InChI=1S/C15H19NO2S/c1-11(2)9-12(17)10-16-13-5-3-4-6-14(13)19-8-7-15(16)18/h3-6,11H,7-10H2,1-2H3. The van der Waals surface area contributed by atoms with E-state index in [1.807, 2.05) is 38.1 Å². The lowest BCUT2D eigenvalue weighted by Crippen LogP contribution is -2.35. The number of amides is 1. The van der Waals surface area contributed by atoms with Crippen LogP contribution in [0.4, 0.5) is 5.69 Å². The Balaban J connectivity index is 2.21. The van der Waals surface area contributed by atoms with Crippen molar-refractivity contribution >= 4 is 29.1 Å². The van der Waals surface area contributed by atoms with Crippen molar-refractivity contribution in [2.45, 2.75) is 31.6 Å². The van der Waals surface area contributed by atoms with Crippen LogP contribution in [0.15, 0.2) is 29.2 Å². The number of carbonyl (C=O) groups excluding carboxylic acids is 2. The first kappa shape index (κ1) is 14.1. The van der Waals surface area contributed by atoms with E-state index in [0.717, 1.165) is 16.3 Å². The fourth-order valence-electron chi connectivity index (χ4n) is 2.19. The summed E-state index contributed by atoms with van der Waals surface area (Å²) in [6.07, 6.45) is 1.02. The number of nitrogens with zero attached hydrogens (tertiary/aromatic N) is 1. The van der Waals surface area contributed by atoms with Gasteiger partial charge in [0.25, 0.3) is 0 Å². The first-order chi connectivity index (χ1) is 9.08. The average molecular weight is 277 g/mol. The molecule has 0 atom stereocenters. The Bertz CT molecular complexity index is 485. The molecule has 1 amide bonds. The van der Waals surface area contributed by atoms with E-state index in [1.54, 1.807) is 16.7 Å². The lowest BCUT2D eigenvalue weighted by Gasteiger charge is -2.22. The van der Waals surface area contributed by atoms with Crippen molar-refractivity contribution in [1.82, 2.24) is 0 Å². The van der Waals surface area contributed by atoms with E-state index in [4.69, 9.17) is 0 Å². The minimum atomic E-state index is 0.0505. The molecule has 0 N–H and O–H groups in total. The fourth-order valence-corrected chi connectivity index (χ4v) is 3.19. The highest BCUT2D eigenvalue weighted by atomic mass is 32.2.